The summed E-state index contributed by atoms with van der Waals surface area (Å²) in [5.41, 5.74) is 1.89. The predicted octanol–water partition coefficient (Wildman–Crippen LogP) is 7.82. The minimum Gasteiger partial charge on any atom is -0.366 e. The molecule has 0 aromatic heterocycles. The summed E-state index contributed by atoms with van der Waals surface area (Å²) in [5, 5.41) is 0. The summed E-state index contributed by atoms with van der Waals surface area (Å²) in [6.45, 7) is 13.1. The molecule has 1 rings (SSSR count). The topological polar surface area (TPSA) is 12.5 Å². The summed E-state index contributed by atoms with van der Waals surface area (Å²) in [5.74, 6) is 0. The standard InChI is InChI=1S/C26H47NO/c1-5-6-22-28-24-27(23-25-18-14-13-15-19-25)21-17-12-10-8-7-9-11-16-20-26(2,3)4/h13-15,18-19H,5-12,16-17,20-24H2,1-4H3. The molecular weight excluding hydrogens is 342 g/mol. The average Bonchev–Trinajstić information content (AvgIpc) is 2.66. The summed E-state index contributed by atoms with van der Waals surface area (Å²) < 4.78 is 5.89. The number of hydrogen-bond acceptors (Lipinski definition) is 2. The Morgan fingerprint density at radius 2 is 1.39 bits per heavy atom. The van der Waals surface area contributed by atoms with Gasteiger partial charge in [0.1, 0.15) is 0 Å². The van der Waals surface area contributed by atoms with Crippen molar-refractivity contribution in [3.63, 3.8) is 0 Å². The first-order chi connectivity index (χ1) is 13.5. The van der Waals surface area contributed by atoms with Crippen LogP contribution in [0.15, 0.2) is 30.3 Å². The molecule has 0 bridgehead atoms. The third-order valence-electron chi connectivity index (χ3n) is 5.32. The number of nitrogens with zero attached hydrogens (tertiary/aromatic N) is 1. The summed E-state index contributed by atoms with van der Waals surface area (Å²) in [4.78, 5) is 2.47. The second-order valence-corrected chi connectivity index (χ2v) is 9.57. The van der Waals surface area contributed by atoms with Gasteiger partial charge in [-0.2, -0.15) is 0 Å². The van der Waals surface area contributed by atoms with E-state index in [1.54, 1.807) is 0 Å². The van der Waals surface area contributed by atoms with E-state index in [2.05, 4.69) is 62.9 Å². The number of hydrogen-bond donors (Lipinski definition) is 0. The van der Waals surface area contributed by atoms with Gasteiger partial charge in [0.25, 0.3) is 0 Å². The van der Waals surface area contributed by atoms with E-state index < -0.39 is 0 Å². The predicted molar refractivity (Wildman–Crippen MR) is 124 cm³/mol. The molecule has 1 aromatic carbocycles. The molecule has 0 aliphatic heterocycles. The Morgan fingerprint density at radius 3 is 2.00 bits per heavy atom. The van der Waals surface area contributed by atoms with Crippen LogP contribution in [0.25, 0.3) is 0 Å². The van der Waals surface area contributed by atoms with Crippen LogP contribution in [0.4, 0.5) is 0 Å². The van der Waals surface area contributed by atoms with Gasteiger partial charge < -0.3 is 4.74 Å². The van der Waals surface area contributed by atoms with Crippen LogP contribution in [0.5, 0.6) is 0 Å². The van der Waals surface area contributed by atoms with Crippen molar-refractivity contribution in [1.29, 1.82) is 0 Å². The zero-order valence-corrected chi connectivity index (χ0v) is 19.3. The lowest BCUT2D eigenvalue weighted by atomic mass is 9.89. The molecule has 0 amide bonds. The molecular formula is C26H47NO. The number of benzene rings is 1. The molecule has 0 aliphatic rings. The van der Waals surface area contributed by atoms with E-state index in [1.807, 2.05) is 0 Å². The first-order valence-electron chi connectivity index (χ1n) is 11.9. The van der Waals surface area contributed by atoms with Gasteiger partial charge in [-0.25, -0.2) is 0 Å². The van der Waals surface area contributed by atoms with Gasteiger partial charge in [0.15, 0.2) is 0 Å². The number of rotatable bonds is 17. The summed E-state index contributed by atoms with van der Waals surface area (Å²) in [6, 6.07) is 10.8. The monoisotopic (exact) mass is 389 g/mol. The van der Waals surface area contributed by atoms with Gasteiger partial charge in [0.2, 0.25) is 0 Å². The lowest BCUT2D eigenvalue weighted by Crippen LogP contribution is -2.27. The first-order valence-corrected chi connectivity index (χ1v) is 11.9. The second-order valence-electron chi connectivity index (χ2n) is 9.57. The van der Waals surface area contributed by atoms with E-state index in [0.717, 1.165) is 32.8 Å². The molecule has 0 atom stereocenters. The van der Waals surface area contributed by atoms with Crippen molar-refractivity contribution in [2.75, 3.05) is 19.9 Å². The fraction of sp³-hybridized carbons (Fsp3) is 0.769. The van der Waals surface area contributed by atoms with Crippen molar-refractivity contribution >= 4 is 0 Å². The highest BCUT2D eigenvalue weighted by molar-refractivity contribution is 5.14. The Bertz CT molecular complexity index is 451. The molecule has 0 saturated heterocycles. The lowest BCUT2D eigenvalue weighted by Gasteiger charge is -2.22. The molecule has 2 nitrogen and oxygen atoms in total. The summed E-state index contributed by atoms with van der Waals surface area (Å²) in [7, 11) is 0. The van der Waals surface area contributed by atoms with Gasteiger partial charge in [0.05, 0.1) is 6.73 Å². The Balaban J connectivity index is 2.11. The molecule has 162 valence electrons. The van der Waals surface area contributed by atoms with E-state index in [-0.39, 0.29) is 0 Å². The Morgan fingerprint density at radius 1 is 0.786 bits per heavy atom. The fourth-order valence-corrected chi connectivity index (χ4v) is 3.52. The van der Waals surface area contributed by atoms with Crippen LogP contribution >= 0.6 is 0 Å². The number of ether oxygens (including phenoxy) is 1. The molecule has 0 saturated carbocycles. The van der Waals surface area contributed by atoms with Crippen molar-refractivity contribution in [3.05, 3.63) is 35.9 Å². The van der Waals surface area contributed by atoms with Crippen LogP contribution in [-0.4, -0.2) is 24.8 Å². The average molecular weight is 390 g/mol. The first kappa shape index (κ1) is 25.2. The zero-order valence-electron chi connectivity index (χ0n) is 19.3. The van der Waals surface area contributed by atoms with Crippen molar-refractivity contribution in [2.45, 2.75) is 105 Å². The van der Waals surface area contributed by atoms with E-state index in [9.17, 15) is 0 Å². The van der Waals surface area contributed by atoms with Crippen LogP contribution in [0.3, 0.4) is 0 Å². The summed E-state index contributed by atoms with van der Waals surface area (Å²) >= 11 is 0. The number of unbranched alkanes of at least 4 members (excludes halogenated alkanes) is 8. The van der Waals surface area contributed by atoms with Crippen LogP contribution < -0.4 is 0 Å². The molecule has 0 N–H and O–H groups in total. The van der Waals surface area contributed by atoms with Crippen LogP contribution in [0.1, 0.15) is 104 Å². The third kappa shape index (κ3) is 15.1. The van der Waals surface area contributed by atoms with E-state index in [1.165, 1.54) is 69.8 Å². The highest BCUT2D eigenvalue weighted by Gasteiger charge is 2.09. The Labute approximate surface area is 176 Å². The van der Waals surface area contributed by atoms with Crippen molar-refractivity contribution < 1.29 is 4.74 Å². The maximum Gasteiger partial charge on any atom is 0.0993 e. The van der Waals surface area contributed by atoms with Gasteiger partial charge >= 0.3 is 0 Å². The largest absolute Gasteiger partial charge is 0.366 e. The quantitative estimate of drug-likeness (QED) is 0.199. The zero-order chi connectivity index (χ0) is 20.5. The highest BCUT2D eigenvalue weighted by atomic mass is 16.5. The van der Waals surface area contributed by atoms with E-state index in [0.29, 0.717) is 5.41 Å². The van der Waals surface area contributed by atoms with E-state index in [4.69, 9.17) is 4.74 Å². The van der Waals surface area contributed by atoms with Crippen molar-refractivity contribution in [3.8, 4) is 0 Å². The molecule has 0 fully saturated rings. The van der Waals surface area contributed by atoms with Gasteiger partial charge in [-0.1, -0.05) is 109 Å². The lowest BCUT2D eigenvalue weighted by molar-refractivity contribution is 0.0218. The molecule has 0 heterocycles. The molecule has 0 spiro atoms. The summed E-state index contributed by atoms with van der Waals surface area (Å²) in [6.07, 6.45) is 14.8. The Hall–Kier alpha value is -0.860. The van der Waals surface area contributed by atoms with Gasteiger partial charge in [-0.15, -0.1) is 0 Å². The minimum atomic E-state index is 0.506. The van der Waals surface area contributed by atoms with Gasteiger partial charge in [-0.05, 0) is 30.2 Å². The highest BCUT2D eigenvalue weighted by Crippen LogP contribution is 2.22. The molecule has 2 heteroatoms. The Kier molecular flexibility index (Phi) is 14.4. The van der Waals surface area contributed by atoms with Crippen molar-refractivity contribution in [2.24, 2.45) is 5.41 Å². The van der Waals surface area contributed by atoms with Crippen molar-refractivity contribution in [1.82, 2.24) is 4.90 Å². The van der Waals surface area contributed by atoms with Gasteiger partial charge in [-0.3, -0.25) is 4.90 Å². The molecule has 0 radical (unpaired) electrons. The van der Waals surface area contributed by atoms with Crippen LogP contribution in [0.2, 0.25) is 0 Å². The molecule has 0 aliphatic carbocycles. The maximum absolute atomic E-state index is 5.89. The molecule has 0 unspecified atom stereocenters. The van der Waals surface area contributed by atoms with Crippen LogP contribution in [0, 0.1) is 5.41 Å². The second kappa shape index (κ2) is 16.0. The third-order valence-corrected chi connectivity index (χ3v) is 5.32. The van der Waals surface area contributed by atoms with Gasteiger partial charge in [0, 0.05) is 19.7 Å². The van der Waals surface area contributed by atoms with Crippen LogP contribution in [-0.2, 0) is 11.3 Å². The smallest absolute Gasteiger partial charge is 0.0993 e. The molecule has 28 heavy (non-hydrogen) atoms. The maximum atomic E-state index is 5.89. The normalized spacial score (nSPS) is 12.0. The molecule has 1 aromatic rings. The fourth-order valence-electron chi connectivity index (χ4n) is 3.52. The SMILES string of the molecule is CCCCOCN(CCCCCCCCCCC(C)(C)C)Cc1ccccc1. The minimum absolute atomic E-state index is 0.506. The van der Waals surface area contributed by atoms with E-state index >= 15 is 0 Å².